The van der Waals surface area contributed by atoms with Crippen molar-refractivity contribution in [1.29, 1.82) is 0 Å². The van der Waals surface area contributed by atoms with Crippen LogP contribution in [0.5, 0.6) is 0 Å². The molecule has 0 radical (unpaired) electrons. The Kier molecular flexibility index (Phi) is 5.67. The fourth-order valence-corrected chi connectivity index (χ4v) is 4.78. The second-order valence-corrected chi connectivity index (χ2v) is 10.1. The molecule has 152 valence electrons. The van der Waals surface area contributed by atoms with E-state index in [1.165, 1.54) is 22.7 Å². The Morgan fingerprint density at radius 3 is 2.20 bits per heavy atom. The van der Waals surface area contributed by atoms with Crippen LogP contribution in [0.25, 0.3) is 21.8 Å². The third kappa shape index (κ3) is 4.93. The van der Waals surface area contributed by atoms with Crippen LogP contribution in [0.1, 0.15) is 9.67 Å². The minimum Gasteiger partial charge on any atom is -0.321 e. The van der Waals surface area contributed by atoms with Crippen molar-refractivity contribution >= 4 is 50.0 Å². The first-order chi connectivity index (χ1) is 14.4. The molecular formula is C21H17N3O3S3. The zero-order valence-corrected chi connectivity index (χ0v) is 18.3. The van der Waals surface area contributed by atoms with E-state index in [0.717, 1.165) is 33.8 Å². The molecule has 30 heavy (non-hydrogen) atoms. The van der Waals surface area contributed by atoms with Gasteiger partial charge in [0.15, 0.2) is 0 Å². The van der Waals surface area contributed by atoms with Crippen LogP contribution in [0.4, 0.5) is 11.4 Å². The molecule has 0 aliphatic carbocycles. The van der Waals surface area contributed by atoms with Gasteiger partial charge >= 0.3 is 0 Å². The van der Waals surface area contributed by atoms with Gasteiger partial charge in [0, 0.05) is 27.9 Å². The summed E-state index contributed by atoms with van der Waals surface area (Å²) in [5.74, 6) is -0.122. The number of nitrogens with one attached hydrogen (secondary N) is 2. The number of sulfonamides is 1. The largest absolute Gasteiger partial charge is 0.321 e. The number of rotatable bonds is 6. The molecule has 0 bridgehead atoms. The van der Waals surface area contributed by atoms with Crippen LogP contribution in [0.2, 0.25) is 0 Å². The van der Waals surface area contributed by atoms with Crippen molar-refractivity contribution in [3.8, 4) is 21.8 Å². The fourth-order valence-electron chi connectivity index (χ4n) is 2.76. The van der Waals surface area contributed by atoms with E-state index in [-0.39, 0.29) is 5.91 Å². The first-order valence-electron chi connectivity index (χ1n) is 8.86. The molecule has 0 spiro atoms. The third-order valence-electron chi connectivity index (χ3n) is 4.12. The molecule has 2 N–H and O–H groups in total. The minimum atomic E-state index is -3.30. The predicted molar refractivity (Wildman–Crippen MR) is 124 cm³/mol. The summed E-state index contributed by atoms with van der Waals surface area (Å²) in [6.45, 7) is 0. The Morgan fingerprint density at radius 1 is 0.900 bits per heavy atom. The van der Waals surface area contributed by atoms with Crippen LogP contribution in [0.3, 0.4) is 0 Å². The van der Waals surface area contributed by atoms with Crippen LogP contribution in [-0.4, -0.2) is 25.6 Å². The number of nitrogens with zero attached hydrogens (tertiary/aromatic N) is 1. The molecule has 1 amide bonds. The molecular weight excluding hydrogens is 438 g/mol. The Bertz CT molecular complexity index is 1260. The highest BCUT2D eigenvalue weighted by Crippen LogP contribution is 2.30. The Hall–Kier alpha value is -3.01. The van der Waals surface area contributed by atoms with Gasteiger partial charge in [-0.3, -0.25) is 9.52 Å². The first-order valence-corrected chi connectivity index (χ1v) is 12.5. The Morgan fingerprint density at radius 2 is 1.57 bits per heavy atom. The third-order valence-corrected chi connectivity index (χ3v) is 6.49. The lowest BCUT2D eigenvalue weighted by atomic mass is 10.1. The van der Waals surface area contributed by atoms with E-state index >= 15 is 0 Å². The van der Waals surface area contributed by atoms with Gasteiger partial charge in [-0.1, -0.05) is 18.2 Å². The quantitative estimate of drug-likeness (QED) is 0.420. The average Bonchev–Trinajstić information content (AvgIpc) is 3.40. The molecule has 4 rings (SSSR count). The monoisotopic (exact) mass is 455 g/mol. The molecule has 9 heteroatoms. The van der Waals surface area contributed by atoms with Gasteiger partial charge in [-0.25, -0.2) is 13.4 Å². The van der Waals surface area contributed by atoms with Crippen LogP contribution >= 0.6 is 22.7 Å². The van der Waals surface area contributed by atoms with Crippen molar-refractivity contribution in [3.05, 3.63) is 76.3 Å². The second-order valence-electron chi connectivity index (χ2n) is 6.50. The maximum absolute atomic E-state index is 12.1. The maximum atomic E-state index is 12.1. The van der Waals surface area contributed by atoms with Gasteiger partial charge in [-0.15, -0.1) is 22.7 Å². The van der Waals surface area contributed by atoms with Gasteiger partial charge in [0.25, 0.3) is 5.91 Å². The summed E-state index contributed by atoms with van der Waals surface area (Å²) in [5.41, 5.74) is 3.91. The standard InChI is InChI=1S/C21H17N3O3S3/c1-30(26,27)24-17-10-4-14(5-11-17)18-13-29-21(23-18)15-6-8-16(9-7-15)22-20(25)19-3-2-12-28-19/h2-13,24H,1H3,(H,22,25). The van der Waals surface area contributed by atoms with E-state index < -0.39 is 10.0 Å². The lowest BCUT2D eigenvalue weighted by Gasteiger charge is -2.05. The zero-order valence-electron chi connectivity index (χ0n) is 15.8. The molecule has 2 aromatic heterocycles. The smallest absolute Gasteiger partial charge is 0.265 e. The number of amides is 1. The van der Waals surface area contributed by atoms with Crippen molar-refractivity contribution in [3.63, 3.8) is 0 Å². The highest BCUT2D eigenvalue weighted by Gasteiger charge is 2.10. The molecule has 0 unspecified atom stereocenters. The van der Waals surface area contributed by atoms with Gasteiger partial charge in [-0.05, 0) is 47.8 Å². The van der Waals surface area contributed by atoms with Gasteiger partial charge in [0.1, 0.15) is 5.01 Å². The highest BCUT2D eigenvalue weighted by molar-refractivity contribution is 7.92. The summed E-state index contributed by atoms with van der Waals surface area (Å²) >= 11 is 2.92. The molecule has 0 atom stereocenters. The number of hydrogen-bond acceptors (Lipinski definition) is 6. The van der Waals surface area contributed by atoms with E-state index in [0.29, 0.717) is 10.6 Å². The van der Waals surface area contributed by atoms with E-state index in [2.05, 4.69) is 15.0 Å². The second kappa shape index (κ2) is 8.39. The number of aromatic nitrogens is 1. The topological polar surface area (TPSA) is 88.2 Å². The zero-order chi connectivity index (χ0) is 21.1. The maximum Gasteiger partial charge on any atom is 0.265 e. The van der Waals surface area contributed by atoms with Gasteiger partial charge < -0.3 is 5.32 Å². The first kappa shape index (κ1) is 20.3. The number of benzene rings is 2. The number of hydrogen-bond donors (Lipinski definition) is 2. The van der Waals surface area contributed by atoms with E-state index in [4.69, 9.17) is 0 Å². The summed E-state index contributed by atoms with van der Waals surface area (Å²) in [6.07, 6.45) is 1.12. The number of carbonyl (C=O) groups excluding carboxylic acids is 1. The molecule has 0 aliphatic heterocycles. The van der Waals surface area contributed by atoms with Gasteiger partial charge in [0.2, 0.25) is 10.0 Å². The van der Waals surface area contributed by atoms with Crippen LogP contribution < -0.4 is 10.0 Å². The lowest BCUT2D eigenvalue weighted by Crippen LogP contribution is -2.09. The van der Waals surface area contributed by atoms with Crippen LogP contribution in [-0.2, 0) is 10.0 Å². The predicted octanol–water partition coefficient (Wildman–Crippen LogP) is 5.16. The van der Waals surface area contributed by atoms with Crippen molar-refractivity contribution < 1.29 is 13.2 Å². The highest BCUT2D eigenvalue weighted by atomic mass is 32.2. The molecule has 0 saturated heterocycles. The lowest BCUT2D eigenvalue weighted by molar-refractivity contribution is 0.103. The molecule has 4 aromatic rings. The fraction of sp³-hybridized carbons (Fsp3) is 0.0476. The molecule has 0 aliphatic rings. The van der Waals surface area contributed by atoms with Gasteiger partial charge in [0.05, 0.1) is 16.8 Å². The molecule has 0 saturated carbocycles. The summed E-state index contributed by atoms with van der Waals surface area (Å²) < 4.78 is 25.1. The van der Waals surface area contributed by atoms with E-state index in [9.17, 15) is 13.2 Å². The van der Waals surface area contributed by atoms with Crippen molar-refractivity contribution in [2.45, 2.75) is 0 Å². The molecule has 2 aromatic carbocycles. The Labute approximate surface area is 182 Å². The number of carbonyl (C=O) groups is 1. The Balaban J connectivity index is 1.46. The molecule has 0 fully saturated rings. The van der Waals surface area contributed by atoms with E-state index in [1.807, 2.05) is 53.2 Å². The summed E-state index contributed by atoms with van der Waals surface area (Å²) in [4.78, 5) is 17.5. The molecule has 2 heterocycles. The van der Waals surface area contributed by atoms with Crippen LogP contribution in [0.15, 0.2) is 71.4 Å². The van der Waals surface area contributed by atoms with Crippen molar-refractivity contribution in [2.75, 3.05) is 16.3 Å². The summed E-state index contributed by atoms with van der Waals surface area (Å²) in [7, 11) is -3.30. The summed E-state index contributed by atoms with van der Waals surface area (Å²) in [5, 5.41) is 7.57. The number of thiophene rings is 1. The van der Waals surface area contributed by atoms with Gasteiger partial charge in [-0.2, -0.15) is 0 Å². The van der Waals surface area contributed by atoms with Crippen LogP contribution in [0, 0.1) is 0 Å². The number of anilines is 2. The average molecular weight is 456 g/mol. The number of thiazole rings is 1. The van der Waals surface area contributed by atoms with Crippen molar-refractivity contribution in [2.24, 2.45) is 0 Å². The molecule has 6 nitrogen and oxygen atoms in total. The summed E-state index contributed by atoms with van der Waals surface area (Å²) in [6, 6.07) is 18.3. The van der Waals surface area contributed by atoms with Crippen molar-refractivity contribution in [1.82, 2.24) is 4.98 Å². The normalized spacial score (nSPS) is 11.2. The minimum absolute atomic E-state index is 0.122. The van der Waals surface area contributed by atoms with E-state index in [1.54, 1.807) is 18.2 Å². The SMILES string of the molecule is CS(=O)(=O)Nc1ccc(-c2csc(-c3ccc(NC(=O)c4cccs4)cc3)n2)cc1.